The zero-order valence-corrected chi connectivity index (χ0v) is 27.7. The van der Waals surface area contributed by atoms with Gasteiger partial charge in [0, 0.05) is 46.9 Å². The van der Waals surface area contributed by atoms with Crippen LogP contribution in [0.25, 0.3) is 0 Å². The first-order chi connectivity index (χ1) is 22.4. The van der Waals surface area contributed by atoms with Crippen LogP contribution in [0.4, 0.5) is 17.1 Å². The molecule has 0 saturated carbocycles. The number of amidine groups is 1. The van der Waals surface area contributed by atoms with Gasteiger partial charge in [0.05, 0.1) is 36.2 Å². The van der Waals surface area contributed by atoms with E-state index in [0.717, 1.165) is 35.6 Å². The summed E-state index contributed by atoms with van der Waals surface area (Å²) in [5, 5.41) is 8.32. The van der Waals surface area contributed by atoms with Gasteiger partial charge in [-0.2, -0.15) is 0 Å². The highest BCUT2D eigenvalue weighted by Gasteiger charge is 2.41. The Labute approximate surface area is 283 Å². The second-order valence-electron chi connectivity index (χ2n) is 10.8. The zero-order valence-electron chi connectivity index (χ0n) is 25.5. The van der Waals surface area contributed by atoms with Crippen LogP contribution in [-0.2, 0) is 16.1 Å². The number of benzene rings is 4. The van der Waals surface area contributed by atoms with Crippen molar-refractivity contribution in [2.75, 3.05) is 47.7 Å². The third kappa shape index (κ3) is 6.62. The lowest BCUT2D eigenvalue weighted by molar-refractivity contribution is -0.111. The third-order valence-corrected chi connectivity index (χ3v) is 8.67. The fraction of sp³-hybridized carbons (Fsp3) is 0.257. The minimum absolute atomic E-state index is 0.158. The van der Waals surface area contributed by atoms with Crippen molar-refractivity contribution >= 4 is 63.5 Å². The number of carbonyl (C=O) groups excluding carboxylic acids is 1. The molecule has 238 valence electrons. The Morgan fingerprint density at radius 1 is 0.891 bits per heavy atom. The molecule has 2 heterocycles. The highest BCUT2D eigenvalue weighted by atomic mass is 35.5. The molecule has 0 aromatic heterocycles. The van der Waals surface area contributed by atoms with Gasteiger partial charge in [0.15, 0.2) is 29.3 Å². The Bertz CT molecular complexity index is 1750. The van der Waals surface area contributed by atoms with Crippen LogP contribution in [0.3, 0.4) is 0 Å². The summed E-state index contributed by atoms with van der Waals surface area (Å²) in [5.74, 6) is 1.11. The molecule has 46 heavy (non-hydrogen) atoms. The van der Waals surface area contributed by atoms with Crippen LogP contribution in [0.5, 0.6) is 11.5 Å². The van der Waals surface area contributed by atoms with Gasteiger partial charge in [-0.15, -0.1) is 5.10 Å². The Morgan fingerprint density at radius 3 is 2.37 bits per heavy atom. The van der Waals surface area contributed by atoms with E-state index < -0.39 is 6.17 Å². The number of para-hydroxylation sites is 2. The number of hydrogen-bond acceptors (Lipinski definition) is 8. The van der Waals surface area contributed by atoms with Crippen molar-refractivity contribution in [1.29, 1.82) is 0 Å². The number of hydrogen-bond donors (Lipinski definition) is 0. The van der Waals surface area contributed by atoms with Crippen LogP contribution in [-0.4, -0.2) is 44.5 Å². The highest BCUT2D eigenvalue weighted by molar-refractivity contribution is 6.44. The van der Waals surface area contributed by atoms with Crippen molar-refractivity contribution < 1.29 is 19.0 Å². The second kappa shape index (κ2) is 14.2. The topological polar surface area (TPSA) is 66.8 Å². The lowest BCUT2D eigenvalue weighted by Gasteiger charge is -2.34. The SMILES string of the molecule is CCOc1cccc(C2N(c3ccccc3)N=C(C(C)=O)N2c2ccc(N3CCOCC3)c(Cl)c2)c1OCc1ccc(Cl)cc1Cl. The molecule has 0 spiro atoms. The minimum atomic E-state index is -0.636. The summed E-state index contributed by atoms with van der Waals surface area (Å²) >= 11 is 19.6. The largest absolute Gasteiger partial charge is 0.490 e. The second-order valence-corrected chi connectivity index (χ2v) is 12.0. The predicted octanol–water partition coefficient (Wildman–Crippen LogP) is 8.39. The van der Waals surface area contributed by atoms with Crippen LogP contribution in [0, 0.1) is 0 Å². The molecule has 4 aromatic carbocycles. The molecule has 11 heteroatoms. The average Bonchev–Trinajstić information content (AvgIpc) is 3.47. The number of ether oxygens (including phenoxy) is 3. The first kappa shape index (κ1) is 32.0. The van der Waals surface area contributed by atoms with E-state index in [2.05, 4.69) is 4.90 Å². The number of ketones is 1. The summed E-state index contributed by atoms with van der Waals surface area (Å²) in [6.45, 7) is 6.78. The van der Waals surface area contributed by atoms with Gasteiger partial charge >= 0.3 is 0 Å². The summed E-state index contributed by atoms with van der Waals surface area (Å²) in [6, 6.07) is 26.6. The normalized spacial score (nSPS) is 16.4. The number of nitrogens with zero attached hydrogens (tertiary/aromatic N) is 4. The van der Waals surface area contributed by atoms with E-state index in [4.69, 9.17) is 54.1 Å². The van der Waals surface area contributed by atoms with E-state index in [1.165, 1.54) is 6.92 Å². The van der Waals surface area contributed by atoms with Crippen molar-refractivity contribution in [2.45, 2.75) is 26.6 Å². The van der Waals surface area contributed by atoms with Gasteiger partial charge < -0.3 is 19.1 Å². The standard InChI is InChI=1S/C35H33Cl3N4O4/c1-3-45-32-11-7-10-28(33(32)46-22-24-12-13-25(36)20-29(24)37)35-41(34(23(2)43)39-42(35)26-8-5-4-6-9-26)27-14-15-31(30(38)21-27)40-16-18-44-19-17-40/h4-15,20-21,35H,3,16-19,22H2,1-2H3. The molecule has 0 radical (unpaired) electrons. The lowest BCUT2D eigenvalue weighted by Crippen LogP contribution is -2.38. The Morgan fingerprint density at radius 2 is 1.67 bits per heavy atom. The Kier molecular flexibility index (Phi) is 9.89. The van der Waals surface area contributed by atoms with E-state index in [9.17, 15) is 4.79 Å². The zero-order chi connectivity index (χ0) is 32.2. The minimum Gasteiger partial charge on any atom is -0.490 e. The first-order valence-corrected chi connectivity index (χ1v) is 16.2. The number of hydrazone groups is 1. The maximum Gasteiger partial charge on any atom is 0.198 e. The smallest absolute Gasteiger partial charge is 0.198 e. The van der Waals surface area contributed by atoms with E-state index in [-0.39, 0.29) is 18.2 Å². The van der Waals surface area contributed by atoms with Crippen molar-refractivity contribution in [3.63, 3.8) is 0 Å². The molecular weight excluding hydrogens is 647 g/mol. The number of Topliss-reactive ketones (excluding diaryl/α,β-unsaturated/α-hetero) is 1. The number of anilines is 3. The van der Waals surface area contributed by atoms with Gasteiger partial charge in [-0.05, 0) is 55.5 Å². The molecule has 0 amide bonds. The summed E-state index contributed by atoms with van der Waals surface area (Å²) in [6.07, 6.45) is -0.636. The van der Waals surface area contributed by atoms with E-state index >= 15 is 0 Å². The quantitative estimate of drug-likeness (QED) is 0.167. The fourth-order valence-corrected chi connectivity index (χ4v) is 6.40. The summed E-state index contributed by atoms with van der Waals surface area (Å²) in [7, 11) is 0. The van der Waals surface area contributed by atoms with Gasteiger partial charge in [-0.1, -0.05) is 71.2 Å². The van der Waals surface area contributed by atoms with Crippen LogP contribution < -0.4 is 24.3 Å². The van der Waals surface area contributed by atoms with Crippen molar-refractivity contribution in [1.82, 2.24) is 0 Å². The van der Waals surface area contributed by atoms with Gasteiger partial charge in [-0.3, -0.25) is 9.69 Å². The predicted molar refractivity (Wildman–Crippen MR) is 185 cm³/mol. The molecule has 1 saturated heterocycles. The number of carbonyl (C=O) groups is 1. The maximum atomic E-state index is 13.3. The fourth-order valence-electron chi connectivity index (χ4n) is 5.64. The van der Waals surface area contributed by atoms with Crippen LogP contribution in [0.1, 0.15) is 31.1 Å². The van der Waals surface area contributed by atoms with Crippen molar-refractivity contribution in [2.24, 2.45) is 5.10 Å². The van der Waals surface area contributed by atoms with Crippen LogP contribution in [0.2, 0.25) is 15.1 Å². The number of rotatable bonds is 10. The van der Waals surface area contributed by atoms with E-state index in [0.29, 0.717) is 52.1 Å². The van der Waals surface area contributed by atoms with Gasteiger partial charge in [0.1, 0.15) is 6.61 Å². The summed E-state index contributed by atoms with van der Waals surface area (Å²) in [5.41, 5.74) is 3.89. The molecule has 0 bridgehead atoms. The van der Waals surface area contributed by atoms with Gasteiger partial charge in [-0.25, -0.2) is 5.01 Å². The summed E-state index contributed by atoms with van der Waals surface area (Å²) < 4.78 is 18.2. The molecule has 1 unspecified atom stereocenters. The maximum absolute atomic E-state index is 13.3. The molecule has 0 aliphatic carbocycles. The first-order valence-electron chi connectivity index (χ1n) is 15.0. The number of morpholine rings is 1. The molecule has 6 rings (SSSR count). The van der Waals surface area contributed by atoms with Crippen LogP contribution >= 0.6 is 34.8 Å². The molecule has 1 fully saturated rings. The highest BCUT2D eigenvalue weighted by Crippen LogP contribution is 2.46. The van der Waals surface area contributed by atoms with E-state index in [1.54, 1.807) is 12.1 Å². The van der Waals surface area contributed by atoms with Gasteiger partial charge in [0.25, 0.3) is 0 Å². The Hall–Kier alpha value is -3.95. The molecule has 2 aliphatic heterocycles. The van der Waals surface area contributed by atoms with Gasteiger partial charge in [0.2, 0.25) is 0 Å². The molecule has 0 N–H and O–H groups in total. The molecule has 2 aliphatic rings. The summed E-state index contributed by atoms with van der Waals surface area (Å²) in [4.78, 5) is 17.4. The number of halogens is 3. The van der Waals surface area contributed by atoms with E-state index in [1.807, 2.05) is 89.6 Å². The molecular formula is C35H33Cl3N4O4. The molecule has 1 atom stereocenters. The van der Waals surface area contributed by atoms with Crippen molar-refractivity contribution in [3.8, 4) is 11.5 Å². The monoisotopic (exact) mass is 678 g/mol. The van der Waals surface area contributed by atoms with Crippen LogP contribution in [0.15, 0.2) is 90.0 Å². The molecule has 8 nitrogen and oxygen atoms in total. The molecule has 4 aromatic rings. The third-order valence-electron chi connectivity index (χ3n) is 7.78. The van der Waals surface area contributed by atoms with Crippen molar-refractivity contribution in [3.05, 3.63) is 111 Å². The average molecular weight is 680 g/mol. The Balaban J connectivity index is 1.48. The lowest BCUT2D eigenvalue weighted by atomic mass is 10.1.